The van der Waals surface area contributed by atoms with Crippen LogP contribution in [0.25, 0.3) is 0 Å². The highest BCUT2D eigenvalue weighted by molar-refractivity contribution is 7.98. The van der Waals surface area contributed by atoms with Gasteiger partial charge in [-0.05, 0) is 11.3 Å². The molecule has 1 aromatic rings. The van der Waals surface area contributed by atoms with Crippen LogP contribution in [-0.4, -0.2) is 16.5 Å². The van der Waals surface area contributed by atoms with Gasteiger partial charge < -0.3 is 0 Å². The molecule has 0 saturated heterocycles. The zero-order valence-corrected chi connectivity index (χ0v) is 10.8. The van der Waals surface area contributed by atoms with Crippen LogP contribution in [0.2, 0.25) is 0 Å². The fourth-order valence-electron chi connectivity index (χ4n) is 1.57. The molecule has 0 spiro atoms. The van der Waals surface area contributed by atoms with Gasteiger partial charge in [-0.25, -0.2) is 0 Å². The van der Waals surface area contributed by atoms with Crippen molar-refractivity contribution in [1.29, 1.82) is 0 Å². The van der Waals surface area contributed by atoms with Gasteiger partial charge in [0.15, 0.2) is 5.78 Å². The van der Waals surface area contributed by atoms with Gasteiger partial charge in [0.05, 0.1) is 10.5 Å². The van der Waals surface area contributed by atoms with E-state index >= 15 is 0 Å². The summed E-state index contributed by atoms with van der Waals surface area (Å²) < 4.78 is 0. The molecule has 0 heterocycles. The summed E-state index contributed by atoms with van der Waals surface area (Å²) in [5.41, 5.74) is 0.963. The van der Waals surface area contributed by atoms with Crippen molar-refractivity contribution in [3.05, 3.63) is 39.4 Å². The molecule has 0 aliphatic heterocycles. The Bertz CT molecular complexity index is 432. The van der Waals surface area contributed by atoms with Crippen LogP contribution in [0.3, 0.4) is 0 Å². The lowest BCUT2D eigenvalue weighted by Crippen LogP contribution is -2.06. The van der Waals surface area contributed by atoms with Gasteiger partial charge in [-0.2, -0.15) is 11.8 Å². The Labute approximate surface area is 105 Å². The van der Waals surface area contributed by atoms with E-state index in [9.17, 15) is 14.9 Å². The molecule has 1 aromatic carbocycles. The SMILES string of the molecule is CCSCc1cccc([N+](=O)[O-])c1C(=O)CC. The Kier molecular flexibility index (Phi) is 5.15. The summed E-state index contributed by atoms with van der Waals surface area (Å²) in [5, 5.41) is 10.9. The van der Waals surface area contributed by atoms with Gasteiger partial charge in [0.2, 0.25) is 0 Å². The number of nitro groups is 1. The van der Waals surface area contributed by atoms with Crippen LogP contribution in [-0.2, 0) is 5.75 Å². The molecule has 0 aliphatic rings. The van der Waals surface area contributed by atoms with Crippen LogP contribution in [0.5, 0.6) is 0 Å². The minimum absolute atomic E-state index is 0.0777. The molecule has 0 radical (unpaired) electrons. The smallest absolute Gasteiger partial charge is 0.280 e. The summed E-state index contributed by atoms with van der Waals surface area (Å²) in [6, 6.07) is 4.82. The van der Waals surface area contributed by atoms with Gasteiger partial charge in [-0.15, -0.1) is 0 Å². The Hall–Kier alpha value is -1.36. The molecule has 0 bridgehead atoms. The average Bonchev–Trinajstić information content (AvgIpc) is 2.34. The quantitative estimate of drug-likeness (QED) is 0.442. The number of Topliss-reactive ketones (excluding diaryl/α,β-unsaturated/α-hetero) is 1. The number of benzene rings is 1. The van der Waals surface area contributed by atoms with E-state index < -0.39 is 4.92 Å². The van der Waals surface area contributed by atoms with Gasteiger partial charge in [-0.3, -0.25) is 14.9 Å². The average molecular weight is 253 g/mol. The molecule has 0 atom stereocenters. The molecule has 5 heteroatoms. The van der Waals surface area contributed by atoms with Crippen LogP contribution in [0, 0.1) is 10.1 Å². The third-order valence-electron chi connectivity index (χ3n) is 2.39. The second kappa shape index (κ2) is 6.39. The first kappa shape index (κ1) is 13.7. The number of rotatable bonds is 6. The van der Waals surface area contributed by atoms with Gasteiger partial charge in [0.25, 0.3) is 5.69 Å². The molecule has 1 rings (SSSR count). The lowest BCUT2D eigenvalue weighted by atomic mass is 10.0. The van der Waals surface area contributed by atoms with Crippen molar-refractivity contribution >= 4 is 23.2 Å². The molecule has 0 N–H and O–H groups in total. The van der Waals surface area contributed by atoms with Gasteiger partial charge in [-0.1, -0.05) is 26.0 Å². The Morgan fingerprint density at radius 3 is 2.65 bits per heavy atom. The topological polar surface area (TPSA) is 60.2 Å². The summed E-state index contributed by atoms with van der Waals surface area (Å²) in [6.07, 6.45) is 0.286. The van der Waals surface area contributed by atoms with E-state index in [0.717, 1.165) is 11.3 Å². The largest absolute Gasteiger partial charge is 0.294 e. The van der Waals surface area contributed by atoms with E-state index in [1.807, 2.05) is 6.92 Å². The molecule has 0 fully saturated rings. The minimum atomic E-state index is -0.483. The van der Waals surface area contributed by atoms with E-state index in [-0.39, 0.29) is 23.5 Å². The van der Waals surface area contributed by atoms with Gasteiger partial charge in [0.1, 0.15) is 0 Å². The van der Waals surface area contributed by atoms with Crippen molar-refractivity contribution in [3.63, 3.8) is 0 Å². The summed E-state index contributed by atoms with van der Waals surface area (Å²) in [5.74, 6) is 1.39. The maximum Gasteiger partial charge on any atom is 0.280 e. The number of nitro benzene ring substituents is 1. The third kappa shape index (κ3) is 3.30. The van der Waals surface area contributed by atoms with Crippen LogP contribution in [0.1, 0.15) is 36.2 Å². The molecule has 0 saturated carbocycles. The van der Waals surface area contributed by atoms with Crippen molar-refractivity contribution in [2.75, 3.05) is 5.75 Å². The normalized spacial score (nSPS) is 10.2. The Morgan fingerprint density at radius 1 is 1.41 bits per heavy atom. The first-order chi connectivity index (χ1) is 8.11. The lowest BCUT2D eigenvalue weighted by Gasteiger charge is -2.07. The zero-order chi connectivity index (χ0) is 12.8. The second-order valence-corrected chi connectivity index (χ2v) is 4.76. The summed E-state index contributed by atoms with van der Waals surface area (Å²) in [4.78, 5) is 22.2. The highest BCUT2D eigenvalue weighted by atomic mass is 32.2. The summed E-state index contributed by atoms with van der Waals surface area (Å²) in [6.45, 7) is 3.74. The molecular weight excluding hydrogens is 238 g/mol. The van der Waals surface area contributed by atoms with Crippen LogP contribution < -0.4 is 0 Å². The first-order valence-corrected chi connectivity index (χ1v) is 6.64. The molecular formula is C12H15NO3S. The van der Waals surface area contributed by atoms with Crippen molar-refractivity contribution in [1.82, 2.24) is 0 Å². The molecule has 17 heavy (non-hydrogen) atoms. The summed E-state index contributed by atoms with van der Waals surface area (Å²) >= 11 is 1.65. The molecule has 0 amide bonds. The monoisotopic (exact) mass is 253 g/mol. The summed E-state index contributed by atoms with van der Waals surface area (Å²) in [7, 11) is 0. The lowest BCUT2D eigenvalue weighted by molar-refractivity contribution is -0.385. The maximum atomic E-state index is 11.8. The zero-order valence-electron chi connectivity index (χ0n) is 9.93. The molecule has 92 valence electrons. The number of thioether (sulfide) groups is 1. The van der Waals surface area contributed by atoms with Crippen LogP contribution in [0.15, 0.2) is 18.2 Å². The number of carbonyl (C=O) groups excluding carboxylic acids is 1. The Morgan fingerprint density at radius 2 is 2.12 bits per heavy atom. The van der Waals surface area contributed by atoms with E-state index in [1.165, 1.54) is 6.07 Å². The van der Waals surface area contributed by atoms with E-state index in [1.54, 1.807) is 30.8 Å². The maximum absolute atomic E-state index is 11.8. The molecule has 0 unspecified atom stereocenters. The van der Waals surface area contributed by atoms with E-state index in [4.69, 9.17) is 0 Å². The third-order valence-corrected chi connectivity index (χ3v) is 3.31. The number of carbonyl (C=O) groups is 1. The first-order valence-electron chi connectivity index (χ1n) is 5.49. The van der Waals surface area contributed by atoms with E-state index in [0.29, 0.717) is 5.75 Å². The number of hydrogen-bond acceptors (Lipinski definition) is 4. The van der Waals surface area contributed by atoms with Crippen molar-refractivity contribution in [2.45, 2.75) is 26.0 Å². The van der Waals surface area contributed by atoms with Crippen molar-refractivity contribution in [2.24, 2.45) is 0 Å². The molecule has 4 nitrogen and oxygen atoms in total. The fourth-order valence-corrected chi connectivity index (χ4v) is 2.23. The van der Waals surface area contributed by atoms with Gasteiger partial charge >= 0.3 is 0 Å². The Balaban J connectivity index is 3.24. The van der Waals surface area contributed by atoms with E-state index in [2.05, 4.69) is 0 Å². The van der Waals surface area contributed by atoms with Crippen molar-refractivity contribution < 1.29 is 9.72 Å². The highest BCUT2D eigenvalue weighted by Crippen LogP contribution is 2.26. The number of nitrogens with zero attached hydrogens (tertiary/aromatic N) is 1. The van der Waals surface area contributed by atoms with Gasteiger partial charge in [0, 0.05) is 18.2 Å². The predicted octanol–water partition coefficient (Wildman–Crippen LogP) is 3.44. The molecule has 0 aromatic heterocycles. The predicted molar refractivity (Wildman–Crippen MR) is 69.6 cm³/mol. The fraction of sp³-hybridized carbons (Fsp3) is 0.417. The van der Waals surface area contributed by atoms with Crippen LogP contribution >= 0.6 is 11.8 Å². The number of hydrogen-bond donors (Lipinski definition) is 0. The standard InChI is InChI=1S/C12H15NO3S/c1-3-11(14)12-9(8-17-4-2)6-5-7-10(12)13(15)16/h5-7H,3-4,8H2,1-2H3. The number of ketones is 1. The van der Waals surface area contributed by atoms with Crippen LogP contribution in [0.4, 0.5) is 5.69 Å². The highest BCUT2D eigenvalue weighted by Gasteiger charge is 2.22. The second-order valence-electron chi connectivity index (χ2n) is 3.48. The van der Waals surface area contributed by atoms with Crippen molar-refractivity contribution in [3.8, 4) is 0 Å². The molecule has 0 aliphatic carbocycles. The minimum Gasteiger partial charge on any atom is -0.294 e.